The highest BCUT2D eigenvalue weighted by atomic mass is 35.5. The molecule has 4 rings (SSSR count). The first-order valence-corrected chi connectivity index (χ1v) is 7.48. The van der Waals surface area contributed by atoms with Gasteiger partial charge in [0.05, 0.1) is 22.7 Å². The van der Waals surface area contributed by atoms with Crippen LogP contribution in [-0.2, 0) is 0 Å². The molecule has 0 saturated heterocycles. The fourth-order valence-corrected chi connectivity index (χ4v) is 2.81. The number of oxazole rings is 1. The van der Waals surface area contributed by atoms with E-state index in [4.69, 9.17) is 36.8 Å². The Hall–Kier alpha value is -2.57. The van der Waals surface area contributed by atoms with Crippen LogP contribution in [0, 0.1) is 0 Å². The Balaban J connectivity index is 1.78. The Morgan fingerprint density at radius 2 is 1.67 bits per heavy atom. The van der Waals surface area contributed by atoms with Gasteiger partial charge in [-0.05, 0) is 18.2 Å². The largest absolute Gasteiger partial charge is 0.453 e. The predicted molar refractivity (Wildman–Crippen MR) is 85.9 cm³/mol. The molecule has 2 heterocycles. The first kappa shape index (κ1) is 15.0. The number of furan rings is 1. The molecule has 6 nitrogen and oxygen atoms in total. The average molecular weight is 364 g/mol. The summed E-state index contributed by atoms with van der Waals surface area (Å²) in [7, 11) is 1.41. The zero-order valence-electron chi connectivity index (χ0n) is 12.1. The highest BCUT2D eigenvalue weighted by Crippen LogP contribution is 2.35. The highest BCUT2D eigenvalue weighted by molar-refractivity contribution is 6.46. The smallest absolute Gasteiger partial charge is 0.397 e. The number of nitrogens with zero attached hydrogens (tertiary/aromatic N) is 1. The van der Waals surface area contributed by atoms with Crippen molar-refractivity contribution in [1.82, 2.24) is 4.98 Å². The molecule has 1 aliphatic carbocycles. The van der Waals surface area contributed by atoms with Crippen molar-refractivity contribution in [2.24, 2.45) is 0 Å². The summed E-state index contributed by atoms with van der Waals surface area (Å²) in [4.78, 5) is 28.8. The van der Waals surface area contributed by atoms with E-state index < -0.39 is 11.6 Å². The predicted octanol–water partition coefficient (Wildman–Crippen LogP) is 4.20. The van der Waals surface area contributed by atoms with Crippen LogP contribution in [0.1, 0.15) is 26.5 Å². The molecule has 2 aromatic heterocycles. The Morgan fingerprint density at radius 3 is 2.21 bits per heavy atom. The summed E-state index contributed by atoms with van der Waals surface area (Å²) >= 11 is 11.8. The van der Waals surface area contributed by atoms with Gasteiger partial charge in [-0.25, -0.2) is 0 Å². The number of aromatic nitrogens is 1. The molecule has 0 atom stereocenters. The second kappa shape index (κ2) is 5.22. The van der Waals surface area contributed by atoms with Gasteiger partial charge in [-0.15, -0.1) is 4.98 Å². The number of hydrogen-bond acceptors (Lipinski definition) is 6. The van der Waals surface area contributed by atoms with E-state index in [9.17, 15) is 9.59 Å². The molecule has 0 spiro atoms. The lowest BCUT2D eigenvalue weighted by Gasteiger charge is -1.98. The van der Waals surface area contributed by atoms with E-state index in [1.54, 1.807) is 0 Å². The van der Waals surface area contributed by atoms with Gasteiger partial charge in [0.2, 0.25) is 0 Å². The Bertz CT molecular complexity index is 986. The molecule has 0 unspecified atom stereocenters. The summed E-state index contributed by atoms with van der Waals surface area (Å²) in [6.45, 7) is 0. The third-order valence-corrected chi connectivity index (χ3v) is 4.31. The second-order valence-corrected chi connectivity index (χ2v) is 5.84. The maximum Gasteiger partial charge on any atom is 0.397 e. The number of halogens is 2. The van der Waals surface area contributed by atoms with Crippen LogP contribution in [0.5, 0.6) is 6.08 Å². The number of benzene rings is 1. The zero-order valence-corrected chi connectivity index (χ0v) is 13.6. The molecule has 8 heteroatoms. The molecule has 0 bridgehead atoms. The third kappa shape index (κ3) is 2.15. The monoisotopic (exact) mass is 363 g/mol. The third-order valence-electron chi connectivity index (χ3n) is 3.59. The van der Waals surface area contributed by atoms with Gasteiger partial charge in [0.25, 0.3) is 5.71 Å². The lowest BCUT2D eigenvalue weighted by Crippen LogP contribution is -1.99. The number of fused-ring (bicyclic) bond motifs is 2. The van der Waals surface area contributed by atoms with Crippen LogP contribution in [0.3, 0.4) is 0 Å². The fourth-order valence-electron chi connectivity index (χ4n) is 2.48. The molecule has 0 saturated carbocycles. The van der Waals surface area contributed by atoms with Gasteiger partial charge in [-0.3, -0.25) is 9.59 Å². The van der Waals surface area contributed by atoms with Crippen LogP contribution in [0.15, 0.2) is 32.6 Å². The second-order valence-electron chi connectivity index (χ2n) is 5.03. The lowest BCUT2D eigenvalue weighted by atomic mass is 10.1. The fraction of sp³-hybridized carbons (Fsp3) is 0.0625. The van der Waals surface area contributed by atoms with Crippen LogP contribution in [0.25, 0.3) is 17.4 Å². The van der Waals surface area contributed by atoms with Crippen molar-refractivity contribution in [3.63, 3.8) is 0 Å². The number of hydrogen-bond donors (Lipinski definition) is 0. The zero-order chi connectivity index (χ0) is 17.0. The molecule has 0 N–H and O–H groups in total. The summed E-state index contributed by atoms with van der Waals surface area (Å²) in [5.74, 6) is -0.611. The Kier molecular flexibility index (Phi) is 3.26. The lowest BCUT2D eigenvalue weighted by molar-refractivity contribution is 0.0990. The maximum atomic E-state index is 12.4. The summed E-state index contributed by atoms with van der Waals surface area (Å²) < 4.78 is 15.5. The van der Waals surface area contributed by atoms with Crippen LogP contribution in [0.4, 0.5) is 0 Å². The van der Waals surface area contributed by atoms with E-state index in [2.05, 4.69) is 4.98 Å². The number of methoxy groups -OCH3 is 1. The molecule has 0 radical (unpaired) electrons. The van der Waals surface area contributed by atoms with E-state index in [1.165, 1.54) is 31.4 Å². The number of rotatable bonds is 2. The number of ether oxygens (including phenoxy) is 1. The van der Waals surface area contributed by atoms with E-state index in [0.717, 1.165) is 0 Å². The average Bonchev–Trinajstić information content (AvgIpc) is 3.16. The van der Waals surface area contributed by atoms with Gasteiger partial charge >= 0.3 is 6.08 Å². The Morgan fingerprint density at radius 1 is 1.04 bits per heavy atom. The maximum absolute atomic E-state index is 12.4. The van der Waals surface area contributed by atoms with Crippen LogP contribution in [0.2, 0.25) is 10.0 Å². The number of carbonyl (C=O) groups is 2. The minimum Gasteiger partial charge on any atom is -0.453 e. The molecule has 24 heavy (non-hydrogen) atoms. The van der Waals surface area contributed by atoms with Crippen molar-refractivity contribution in [3.8, 4) is 6.08 Å². The van der Waals surface area contributed by atoms with Crippen molar-refractivity contribution in [3.05, 3.63) is 50.7 Å². The topological polar surface area (TPSA) is 82.5 Å². The summed E-state index contributed by atoms with van der Waals surface area (Å²) in [6, 6.07) is 4.29. The molecular formula is C16H7Cl2NO5. The van der Waals surface area contributed by atoms with Gasteiger partial charge in [-0.2, -0.15) is 0 Å². The van der Waals surface area contributed by atoms with E-state index in [0.29, 0.717) is 5.58 Å². The molecule has 1 aliphatic rings. The first-order valence-electron chi connectivity index (χ1n) is 6.72. The van der Waals surface area contributed by atoms with Crippen LogP contribution >= 0.6 is 23.2 Å². The van der Waals surface area contributed by atoms with Crippen LogP contribution < -0.4 is 4.74 Å². The van der Waals surface area contributed by atoms with Gasteiger partial charge < -0.3 is 13.6 Å². The summed E-state index contributed by atoms with van der Waals surface area (Å²) in [5, 5.41) is 0.425. The first-order chi connectivity index (χ1) is 11.5. The minimum absolute atomic E-state index is 0.0355. The SMILES string of the molecule is COc1nc2oc(C=C3C(=O)c4cc(Cl)c(Cl)cc4C3=O)cc2o1. The summed E-state index contributed by atoms with van der Waals surface area (Å²) in [6.07, 6.45) is 1.41. The summed E-state index contributed by atoms with van der Waals surface area (Å²) in [5.41, 5.74) is 0.957. The van der Waals surface area contributed by atoms with Crippen LogP contribution in [-0.4, -0.2) is 23.7 Å². The minimum atomic E-state index is -0.438. The Labute approximate surface area is 144 Å². The molecule has 3 aromatic rings. The van der Waals surface area contributed by atoms with Gasteiger partial charge in [0.1, 0.15) is 5.76 Å². The molecule has 0 aliphatic heterocycles. The molecule has 1 aromatic carbocycles. The van der Waals surface area contributed by atoms with Gasteiger partial charge in [-0.1, -0.05) is 23.2 Å². The number of carbonyl (C=O) groups excluding carboxylic acids is 2. The van der Waals surface area contributed by atoms with Crippen molar-refractivity contribution >= 4 is 52.1 Å². The van der Waals surface area contributed by atoms with Crippen molar-refractivity contribution < 1.29 is 23.2 Å². The molecule has 120 valence electrons. The van der Waals surface area contributed by atoms with Crippen molar-refractivity contribution in [2.45, 2.75) is 0 Å². The van der Waals surface area contributed by atoms with Crippen molar-refractivity contribution in [2.75, 3.05) is 7.11 Å². The van der Waals surface area contributed by atoms with Crippen molar-refractivity contribution in [1.29, 1.82) is 0 Å². The molecule has 0 amide bonds. The quantitative estimate of drug-likeness (QED) is 0.501. The number of allylic oxidation sites excluding steroid dienone is 1. The molecule has 0 fully saturated rings. The van der Waals surface area contributed by atoms with Gasteiger partial charge in [0, 0.05) is 17.2 Å². The molecular weight excluding hydrogens is 357 g/mol. The van der Waals surface area contributed by atoms with Gasteiger partial charge in [0.15, 0.2) is 17.1 Å². The highest BCUT2D eigenvalue weighted by Gasteiger charge is 2.34. The van der Waals surface area contributed by atoms with E-state index in [-0.39, 0.29) is 44.3 Å². The van der Waals surface area contributed by atoms with E-state index in [1.807, 2.05) is 0 Å². The number of Topliss-reactive ketones (excluding diaryl/α,β-unsaturated/α-hetero) is 2. The number of ketones is 2. The standard InChI is InChI=1S/C16H7Cl2NO5/c1-22-16-19-15-12(24-16)3-6(23-15)2-9-13(20)7-4-10(17)11(18)5-8(7)14(9)21/h2-5H,1H3. The van der Waals surface area contributed by atoms with E-state index >= 15 is 0 Å². The normalized spacial score (nSPS) is 13.7.